The second-order valence-electron chi connectivity index (χ2n) is 10.3. The zero-order chi connectivity index (χ0) is 25.1. The van der Waals surface area contributed by atoms with Gasteiger partial charge in [-0.25, -0.2) is 0 Å². The Labute approximate surface area is 213 Å². The molecule has 0 aliphatic heterocycles. The van der Waals surface area contributed by atoms with E-state index in [1.54, 1.807) is 6.07 Å². The Bertz CT molecular complexity index is 1120. The minimum absolute atomic E-state index is 0.161. The summed E-state index contributed by atoms with van der Waals surface area (Å²) in [6, 6.07) is 7.45. The van der Waals surface area contributed by atoms with E-state index in [2.05, 4.69) is 27.4 Å². The van der Waals surface area contributed by atoms with Crippen LogP contribution in [0.4, 0.5) is 5.69 Å². The van der Waals surface area contributed by atoms with Gasteiger partial charge in [-0.05, 0) is 95.5 Å². The predicted molar refractivity (Wildman–Crippen MR) is 144 cm³/mol. The maximum absolute atomic E-state index is 13.2. The fraction of sp³-hybridized carbons (Fsp3) is 0.571. The number of benzene rings is 1. The van der Waals surface area contributed by atoms with Gasteiger partial charge in [0.15, 0.2) is 0 Å². The van der Waals surface area contributed by atoms with Crippen LogP contribution in [0.25, 0.3) is 0 Å². The van der Waals surface area contributed by atoms with Crippen molar-refractivity contribution in [2.45, 2.75) is 97.3 Å². The maximum Gasteiger partial charge on any atom is 0.253 e. The van der Waals surface area contributed by atoms with Gasteiger partial charge < -0.3 is 20.5 Å². The van der Waals surface area contributed by atoms with Crippen LogP contribution in [0.2, 0.25) is 5.02 Å². The van der Waals surface area contributed by atoms with Crippen LogP contribution < -0.4 is 21.1 Å². The average Bonchev–Trinajstić information content (AvgIpc) is 2.78. The standard InChI is InChI=1S/C28H39ClN4O2/c1-5-33(23-11-9-22(10-12-23)32-21-7-6-8-21)26-15-20(29)14-24(19(26)4)27(34)30-16-25-17(2)13-18(3)31-28(25)35/h13-15,21-23,32H,5-12,16H2,1-4H3,(H,30,34)(H,31,35). The van der Waals surface area contributed by atoms with Crippen LogP contribution in [0.15, 0.2) is 23.0 Å². The number of aromatic amines is 1. The van der Waals surface area contributed by atoms with Crippen LogP contribution in [0.1, 0.15) is 84.6 Å². The molecule has 1 heterocycles. The molecule has 3 N–H and O–H groups in total. The van der Waals surface area contributed by atoms with Crippen LogP contribution in [-0.2, 0) is 6.54 Å². The summed E-state index contributed by atoms with van der Waals surface area (Å²) in [5.41, 5.74) is 4.62. The van der Waals surface area contributed by atoms with E-state index in [0.717, 1.165) is 47.9 Å². The number of amides is 1. The topological polar surface area (TPSA) is 77.2 Å². The fourth-order valence-electron chi connectivity index (χ4n) is 5.65. The van der Waals surface area contributed by atoms with Gasteiger partial charge in [-0.1, -0.05) is 18.0 Å². The van der Waals surface area contributed by atoms with Gasteiger partial charge in [-0.3, -0.25) is 9.59 Å². The molecule has 2 fully saturated rings. The van der Waals surface area contributed by atoms with E-state index < -0.39 is 0 Å². The van der Waals surface area contributed by atoms with Crippen molar-refractivity contribution in [3.63, 3.8) is 0 Å². The van der Waals surface area contributed by atoms with Gasteiger partial charge in [-0.2, -0.15) is 0 Å². The Morgan fingerprint density at radius 1 is 1.06 bits per heavy atom. The lowest BCUT2D eigenvalue weighted by molar-refractivity contribution is 0.0950. The van der Waals surface area contributed by atoms with Crippen LogP contribution >= 0.6 is 11.6 Å². The first kappa shape index (κ1) is 25.8. The molecule has 0 bridgehead atoms. The molecule has 35 heavy (non-hydrogen) atoms. The quantitative estimate of drug-likeness (QED) is 0.469. The number of carbonyl (C=O) groups is 1. The number of nitrogens with zero attached hydrogens (tertiary/aromatic N) is 1. The summed E-state index contributed by atoms with van der Waals surface area (Å²) in [5.74, 6) is -0.213. The minimum Gasteiger partial charge on any atom is -0.369 e. The average molecular weight is 499 g/mol. The molecular weight excluding hydrogens is 460 g/mol. The molecule has 0 spiro atoms. The van der Waals surface area contributed by atoms with Gasteiger partial charge in [0.2, 0.25) is 0 Å². The number of aryl methyl sites for hydroxylation is 2. The summed E-state index contributed by atoms with van der Waals surface area (Å²) in [6.45, 7) is 8.96. The van der Waals surface area contributed by atoms with Crippen molar-refractivity contribution >= 4 is 23.2 Å². The molecule has 190 valence electrons. The normalized spacial score (nSPS) is 20.4. The number of hydrogen-bond donors (Lipinski definition) is 3. The molecule has 0 radical (unpaired) electrons. The number of carbonyl (C=O) groups excluding carboxylic acids is 1. The monoisotopic (exact) mass is 498 g/mol. The molecule has 1 aromatic heterocycles. The van der Waals surface area contributed by atoms with Crippen molar-refractivity contribution in [3.05, 3.63) is 61.5 Å². The Kier molecular flexibility index (Phi) is 8.23. The SMILES string of the molecule is CCN(c1cc(Cl)cc(C(=O)NCc2c(C)cc(C)[nH]c2=O)c1C)C1CCC(NC2CCC2)CC1. The number of anilines is 1. The van der Waals surface area contributed by atoms with Crippen molar-refractivity contribution in [3.8, 4) is 0 Å². The molecule has 0 saturated heterocycles. The van der Waals surface area contributed by atoms with E-state index in [1.165, 1.54) is 32.1 Å². The third-order valence-electron chi connectivity index (χ3n) is 7.87. The van der Waals surface area contributed by atoms with E-state index in [4.69, 9.17) is 11.6 Å². The predicted octanol–water partition coefficient (Wildman–Crippen LogP) is 5.16. The lowest BCUT2D eigenvalue weighted by Crippen LogP contribution is -2.47. The minimum atomic E-state index is -0.213. The number of rotatable bonds is 8. The molecule has 1 aromatic carbocycles. The summed E-state index contributed by atoms with van der Waals surface area (Å²) in [5, 5.41) is 7.33. The largest absolute Gasteiger partial charge is 0.369 e. The number of H-pyrrole nitrogens is 1. The van der Waals surface area contributed by atoms with Gasteiger partial charge in [0, 0.05) is 58.7 Å². The molecule has 0 atom stereocenters. The van der Waals surface area contributed by atoms with Gasteiger partial charge >= 0.3 is 0 Å². The summed E-state index contributed by atoms with van der Waals surface area (Å²) in [7, 11) is 0. The van der Waals surface area contributed by atoms with Crippen LogP contribution in [-0.4, -0.2) is 35.6 Å². The van der Waals surface area contributed by atoms with Crippen molar-refractivity contribution in [2.24, 2.45) is 0 Å². The fourth-order valence-corrected chi connectivity index (χ4v) is 5.86. The number of nitrogens with one attached hydrogen (secondary N) is 3. The van der Waals surface area contributed by atoms with Crippen molar-refractivity contribution in [1.82, 2.24) is 15.6 Å². The van der Waals surface area contributed by atoms with Crippen LogP contribution in [0.3, 0.4) is 0 Å². The van der Waals surface area contributed by atoms with Gasteiger partial charge in [-0.15, -0.1) is 0 Å². The van der Waals surface area contributed by atoms with E-state index in [1.807, 2.05) is 32.9 Å². The van der Waals surface area contributed by atoms with Crippen molar-refractivity contribution in [2.75, 3.05) is 11.4 Å². The first-order valence-corrected chi connectivity index (χ1v) is 13.4. The van der Waals surface area contributed by atoms with Gasteiger partial charge in [0.05, 0.1) is 0 Å². The van der Waals surface area contributed by atoms with Crippen LogP contribution in [0, 0.1) is 20.8 Å². The molecular formula is C28H39ClN4O2. The highest BCUT2D eigenvalue weighted by Crippen LogP contribution is 2.34. The van der Waals surface area contributed by atoms with E-state index in [9.17, 15) is 9.59 Å². The highest BCUT2D eigenvalue weighted by Gasteiger charge is 2.29. The van der Waals surface area contributed by atoms with Gasteiger partial charge in [0.1, 0.15) is 0 Å². The summed E-state index contributed by atoms with van der Waals surface area (Å²) >= 11 is 6.52. The number of hydrogen-bond acceptors (Lipinski definition) is 4. The molecule has 4 rings (SSSR count). The Hall–Kier alpha value is -2.31. The molecule has 2 saturated carbocycles. The number of halogens is 1. The number of pyridine rings is 1. The molecule has 2 aliphatic rings. The lowest BCUT2D eigenvalue weighted by atomic mass is 9.86. The molecule has 7 heteroatoms. The Morgan fingerprint density at radius 3 is 2.34 bits per heavy atom. The first-order valence-electron chi connectivity index (χ1n) is 13.1. The van der Waals surface area contributed by atoms with E-state index >= 15 is 0 Å². The maximum atomic E-state index is 13.2. The van der Waals surface area contributed by atoms with E-state index in [-0.39, 0.29) is 18.0 Å². The third kappa shape index (κ3) is 5.92. The highest BCUT2D eigenvalue weighted by atomic mass is 35.5. The summed E-state index contributed by atoms with van der Waals surface area (Å²) in [6.07, 6.45) is 8.67. The van der Waals surface area contributed by atoms with Gasteiger partial charge in [0.25, 0.3) is 11.5 Å². The summed E-state index contributed by atoms with van der Waals surface area (Å²) < 4.78 is 0. The zero-order valence-corrected chi connectivity index (χ0v) is 22.2. The van der Waals surface area contributed by atoms with E-state index in [0.29, 0.717) is 28.2 Å². The highest BCUT2D eigenvalue weighted by molar-refractivity contribution is 6.31. The Morgan fingerprint density at radius 2 is 1.74 bits per heavy atom. The summed E-state index contributed by atoms with van der Waals surface area (Å²) in [4.78, 5) is 30.8. The smallest absolute Gasteiger partial charge is 0.253 e. The number of aromatic nitrogens is 1. The second kappa shape index (κ2) is 11.2. The molecule has 2 aliphatic carbocycles. The lowest BCUT2D eigenvalue weighted by Gasteiger charge is -2.41. The Balaban J connectivity index is 1.47. The second-order valence-corrected chi connectivity index (χ2v) is 10.7. The van der Waals surface area contributed by atoms with Crippen LogP contribution in [0.5, 0.6) is 0 Å². The molecule has 0 unspecified atom stereocenters. The third-order valence-corrected chi connectivity index (χ3v) is 8.09. The molecule has 2 aromatic rings. The van der Waals surface area contributed by atoms with Crippen molar-refractivity contribution in [1.29, 1.82) is 0 Å². The molecule has 6 nitrogen and oxygen atoms in total. The van der Waals surface area contributed by atoms with Crippen molar-refractivity contribution < 1.29 is 4.79 Å². The zero-order valence-electron chi connectivity index (χ0n) is 21.5. The first-order chi connectivity index (χ1) is 16.8. The molecule has 1 amide bonds.